The standard InChI is InChI=1S/C5H9N5O2/c1-8-4-5(11)9-2(6)3(7)10(4)12/h8H,7H2,1H3,(H3,6,9,11). The largest absolute Gasteiger partial charge is 0.740 e. The lowest BCUT2D eigenvalue weighted by Gasteiger charge is -2.13. The molecule has 1 aromatic heterocycles. The predicted molar refractivity (Wildman–Crippen MR) is 43.2 cm³/mol. The molecular formula is C5H9N5O2. The number of hydrogen-bond donors (Lipinski definition) is 4. The van der Waals surface area contributed by atoms with Crippen molar-refractivity contribution in [2.75, 3.05) is 23.8 Å². The van der Waals surface area contributed by atoms with Crippen LogP contribution in [0.2, 0.25) is 0 Å². The van der Waals surface area contributed by atoms with E-state index in [1.165, 1.54) is 7.05 Å². The normalized spacial score (nSPS) is 9.75. The average Bonchev–Trinajstić information content (AvgIpc) is 2.01. The highest BCUT2D eigenvalue weighted by Crippen LogP contribution is 2.19. The molecule has 7 nitrogen and oxygen atoms in total. The lowest BCUT2D eigenvalue weighted by atomic mass is 10.5. The molecule has 0 fully saturated rings. The molecule has 0 unspecified atom stereocenters. The molecule has 7 heteroatoms. The van der Waals surface area contributed by atoms with Crippen molar-refractivity contribution < 1.29 is 9.84 Å². The van der Waals surface area contributed by atoms with Crippen LogP contribution >= 0.6 is 0 Å². The number of rotatable bonds is 1. The Morgan fingerprint density at radius 2 is 2.17 bits per heavy atom. The summed E-state index contributed by atoms with van der Waals surface area (Å²) in [6.45, 7) is 0. The highest BCUT2D eigenvalue weighted by molar-refractivity contribution is 5.54. The molecule has 1 heterocycles. The van der Waals surface area contributed by atoms with Crippen LogP contribution in [-0.2, 0) is 0 Å². The zero-order valence-electron chi connectivity index (χ0n) is 6.40. The minimum atomic E-state index is -0.473. The molecule has 1 aromatic rings. The summed E-state index contributed by atoms with van der Waals surface area (Å²) in [6, 6.07) is 0. The van der Waals surface area contributed by atoms with Gasteiger partial charge in [-0.25, -0.2) is 4.73 Å². The summed E-state index contributed by atoms with van der Waals surface area (Å²) in [6.07, 6.45) is 0. The molecule has 0 aliphatic carbocycles. The van der Waals surface area contributed by atoms with E-state index in [4.69, 9.17) is 16.6 Å². The van der Waals surface area contributed by atoms with Crippen LogP contribution in [0.3, 0.4) is 0 Å². The highest BCUT2D eigenvalue weighted by atomic mass is 16.5. The second-order valence-corrected chi connectivity index (χ2v) is 2.10. The Hall–Kier alpha value is -1.92. The highest BCUT2D eigenvalue weighted by Gasteiger charge is 2.14. The summed E-state index contributed by atoms with van der Waals surface area (Å²) in [7, 11) is 1.46. The van der Waals surface area contributed by atoms with E-state index >= 15 is 0 Å². The number of aromatic nitrogens is 2. The van der Waals surface area contributed by atoms with Crippen molar-refractivity contribution in [3.8, 4) is 5.88 Å². The van der Waals surface area contributed by atoms with Crippen molar-refractivity contribution in [2.24, 2.45) is 0 Å². The van der Waals surface area contributed by atoms with Crippen molar-refractivity contribution in [2.45, 2.75) is 0 Å². The molecule has 0 amide bonds. The summed E-state index contributed by atoms with van der Waals surface area (Å²) < 4.78 is 0.275. The molecule has 0 saturated carbocycles. The Labute approximate surface area is 68.2 Å². The van der Waals surface area contributed by atoms with Crippen LogP contribution in [-0.4, -0.2) is 17.1 Å². The van der Waals surface area contributed by atoms with Crippen molar-refractivity contribution in [3.63, 3.8) is 0 Å². The van der Waals surface area contributed by atoms with Crippen LogP contribution in [0, 0.1) is 5.21 Å². The lowest BCUT2D eigenvalue weighted by molar-refractivity contribution is -0.574. The van der Waals surface area contributed by atoms with E-state index in [2.05, 4.69) is 10.3 Å². The zero-order valence-corrected chi connectivity index (χ0v) is 6.40. The quantitative estimate of drug-likeness (QED) is 0.305. The average molecular weight is 171 g/mol. The minimum Gasteiger partial charge on any atom is -0.740 e. The number of nitrogens with one attached hydrogen (secondary N) is 1. The third-order valence-electron chi connectivity index (χ3n) is 1.36. The van der Waals surface area contributed by atoms with Gasteiger partial charge in [0.25, 0.3) is 17.5 Å². The van der Waals surface area contributed by atoms with Crippen molar-refractivity contribution in [1.29, 1.82) is 0 Å². The van der Waals surface area contributed by atoms with Crippen LogP contribution in [0.15, 0.2) is 0 Å². The maximum Gasteiger partial charge on any atom is 0.288 e. The number of aromatic hydroxyl groups is 1. The molecule has 0 saturated heterocycles. The molecule has 1 rings (SSSR count). The van der Waals surface area contributed by atoms with Crippen molar-refractivity contribution in [3.05, 3.63) is 5.21 Å². The summed E-state index contributed by atoms with van der Waals surface area (Å²) >= 11 is 0. The Morgan fingerprint density at radius 1 is 1.58 bits per heavy atom. The second-order valence-electron chi connectivity index (χ2n) is 2.10. The van der Waals surface area contributed by atoms with E-state index in [9.17, 15) is 5.21 Å². The van der Waals surface area contributed by atoms with Gasteiger partial charge in [-0.2, -0.15) is 4.98 Å². The number of hydrogen-bond acceptors (Lipinski definition) is 6. The molecule has 0 aliphatic heterocycles. The maximum absolute atomic E-state index is 11.1. The fourth-order valence-electron chi connectivity index (χ4n) is 0.753. The third kappa shape index (κ3) is 1.00. The molecule has 6 N–H and O–H groups in total. The van der Waals surface area contributed by atoms with Gasteiger partial charge in [0.05, 0.1) is 7.05 Å². The molecule has 0 atom stereocenters. The van der Waals surface area contributed by atoms with Crippen LogP contribution in [0.5, 0.6) is 5.88 Å². The fourth-order valence-corrected chi connectivity index (χ4v) is 0.753. The van der Waals surface area contributed by atoms with Crippen LogP contribution in [0.25, 0.3) is 0 Å². The summed E-state index contributed by atoms with van der Waals surface area (Å²) in [5.41, 5.74) is 10.4. The van der Waals surface area contributed by atoms with Crippen LogP contribution in [0.1, 0.15) is 0 Å². The van der Waals surface area contributed by atoms with Gasteiger partial charge in [-0.05, 0) is 0 Å². The van der Waals surface area contributed by atoms with Crippen molar-refractivity contribution in [1.82, 2.24) is 4.98 Å². The molecule has 0 aliphatic rings. The zero-order chi connectivity index (χ0) is 9.30. The van der Waals surface area contributed by atoms with Crippen molar-refractivity contribution >= 4 is 17.5 Å². The molecule has 0 radical (unpaired) electrons. The van der Waals surface area contributed by atoms with Gasteiger partial charge < -0.3 is 27.1 Å². The van der Waals surface area contributed by atoms with E-state index in [0.29, 0.717) is 0 Å². The van der Waals surface area contributed by atoms with Crippen LogP contribution in [0.4, 0.5) is 17.5 Å². The Balaban J connectivity index is 3.40. The number of nitrogens with zero attached hydrogens (tertiary/aromatic N) is 2. The van der Waals surface area contributed by atoms with Gasteiger partial charge in [0, 0.05) is 0 Å². The fraction of sp³-hybridized carbons (Fsp3) is 0.200. The van der Waals surface area contributed by atoms with Crippen LogP contribution < -0.4 is 21.5 Å². The first kappa shape index (κ1) is 8.18. The molecular weight excluding hydrogens is 162 g/mol. The summed E-state index contributed by atoms with van der Waals surface area (Å²) in [4.78, 5) is 3.43. The number of nitrogen functional groups attached to an aromatic ring is 2. The minimum absolute atomic E-state index is 0.123. The Kier molecular flexibility index (Phi) is 1.78. The number of nitrogens with two attached hydrogens (primary N) is 2. The Bertz CT molecular complexity index is 313. The van der Waals surface area contributed by atoms with Gasteiger partial charge in [0.2, 0.25) is 5.82 Å². The van der Waals surface area contributed by atoms with Gasteiger partial charge >= 0.3 is 0 Å². The molecule has 12 heavy (non-hydrogen) atoms. The molecule has 0 spiro atoms. The first-order valence-electron chi connectivity index (χ1n) is 3.13. The van der Waals surface area contributed by atoms with Gasteiger partial charge in [-0.1, -0.05) is 0 Å². The van der Waals surface area contributed by atoms with E-state index in [-0.39, 0.29) is 22.2 Å². The summed E-state index contributed by atoms with van der Waals surface area (Å²) in [5, 5.41) is 22.6. The first-order chi connectivity index (χ1) is 5.57. The molecule has 66 valence electrons. The van der Waals surface area contributed by atoms with Gasteiger partial charge in [-0.15, -0.1) is 0 Å². The van der Waals surface area contributed by atoms with E-state index in [0.717, 1.165) is 0 Å². The van der Waals surface area contributed by atoms with Gasteiger partial charge in [0.1, 0.15) is 0 Å². The smallest absolute Gasteiger partial charge is 0.288 e. The van der Waals surface area contributed by atoms with E-state index in [1.807, 2.05) is 0 Å². The third-order valence-corrected chi connectivity index (χ3v) is 1.36. The molecule has 0 bridgehead atoms. The van der Waals surface area contributed by atoms with Gasteiger partial charge in [0.15, 0.2) is 0 Å². The topological polar surface area (TPSA) is 124 Å². The second kappa shape index (κ2) is 2.61. The maximum atomic E-state index is 11.1. The van der Waals surface area contributed by atoms with E-state index in [1.54, 1.807) is 0 Å². The SMILES string of the molecule is CNc1c(O)nc(N)c(N)[n+]1[O-]. The first-order valence-corrected chi connectivity index (χ1v) is 3.13. The monoisotopic (exact) mass is 171 g/mol. The lowest BCUT2D eigenvalue weighted by Crippen LogP contribution is -2.35. The molecule has 0 aromatic carbocycles. The Morgan fingerprint density at radius 3 is 2.67 bits per heavy atom. The predicted octanol–water partition coefficient (Wildman–Crippen LogP) is -1.37. The summed E-state index contributed by atoms with van der Waals surface area (Å²) in [5.74, 6) is -1.03. The number of anilines is 3. The van der Waals surface area contributed by atoms with E-state index < -0.39 is 5.88 Å². The van der Waals surface area contributed by atoms with Gasteiger partial charge in [-0.3, -0.25) is 0 Å².